The zero-order valence-electron chi connectivity index (χ0n) is 18.4. The van der Waals surface area contributed by atoms with Gasteiger partial charge in [-0.05, 0) is 37.5 Å². The van der Waals surface area contributed by atoms with Gasteiger partial charge in [0.2, 0.25) is 15.9 Å². The Labute approximate surface area is 190 Å². The van der Waals surface area contributed by atoms with Gasteiger partial charge in [0.05, 0.1) is 18.1 Å². The monoisotopic (exact) mass is 458 g/mol. The third kappa shape index (κ3) is 4.91. The molecule has 32 heavy (non-hydrogen) atoms. The molecule has 2 aliphatic rings. The molecule has 0 unspecified atom stereocenters. The largest absolute Gasteiger partial charge is 0.490 e. The highest BCUT2D eigenvalue weighted by molar-refractivity contribution is 7.89. The first-order chi connectivity index (χ1) is 15.5. The number of rotatable bonds is 6. The predicted molar refractivity (Wildman–Crippen MR) is 121 cm³/mol. The van der Waals surface area contributed by atoms with E-state index in [4.69, 9.17) is 9.47 Å². The summed E-state index contributed by atoms with van der Waals surface area (Å²) in [6, 6.07) is 14.7. The van der Waals surface area contributed by atoms with Crippen molar-refractivity contribution in [3.8, 4) is 11.5 Å². The molecule has 172 valence electrons. The molecule has 8 heteroatoms. The fourth-order valence-electron chi connectivity index (χ4n) is 4.20. The molecule has 2 aromatic carbocycles. The second kappa shape index (κ2) is 9.92. The standard InChI is InChI=1S/C24H30N2O5S/c1-2-25(18-19-7-4-3-5-8-19)24(27)20-11-13-26(14-12-20)32(28,29)21-9-10-22-23(17-21)31-16-6-15-30-22/h3-5,7-10,17,20H,2,6,11-16,18H2,1H3. The van der Waals surface area contributed by atoms with Crippen LogP contribution in [0.5, 0.6) is 11.5 Å². The Kier molecular flexibility index (Phi) is 7.01. The van der Waals surface area contributed by atoms with Crippen molar-refractivity contribution in [3.05, 3.63) is 54.1 Å². The fourth-order valence-corrected chi connectivity index (χ4v) is 5.69. The Balaban J connectivity index is 1.40. The van der Waals surface area contributed by atoms with E-state index in [9.17, 15) is 13.2 Å². The molecular formula is C24H30N2O5S. The molecule has 7 nitrogen and oxygen atoms in total. The van der Waals surface area contributed by atoms with Crippen LogP contribution in [0.15, 0.2) is 53.4 Å². The van der Waals surface area contributed by atoms with Crippen molar-refractivity contribution in [2.24, 2.45) is 5.92 Å². The minimum absolute atomic E-state index is 0.101. The molecule has 0 atom stereocenters. The average Bonchev–Trinajstić information content (AvgIpc) is 3.08. The summed E-state index contributed by atoms with van der Waals surface area (Å²) in [6.07, 6.45) is 1.80. The molecule has 1 amide bonds. The number of carbonyl (C=O) groups excluding carboxylic acids is 1. The van der Waals surface area contributed by atoms with Crippen LogP contribution in [0.25, 0.3) is 0 Å². The van der Waals surface area contributed by atoms with E-state index >= 15 is 0 Å². The Morgan fingerprint density at radius 1 is 1.03 bits per heavy atom. The van der Waals surface area contributed by atoms with Crippen molar-refractivity contribution in [3.63, 3.8) is 0 Å². The van der Waals surface area contributed by atoms with Crippen molar-refractivity contribution < 1.29 is 22.7 Å². The van der Waals surface area contributed by atoms with Gasteiger partial charge in [-0.15, -0.1) is 0 Å². The Morgan fingerprint density at radius 2 is 1.72 bits per heavy atom. The van der Waals surface area contributed by atoms with Crippen LogP contribution < -0.4 is 9.47 Å². The predicted octanol–water partition coefficient (Wildman–Crippen LogP) is 3.30. The van der Waals surface area contributed by atoms with Gasteiger partial charge < -0.3 is 14.4 Å². The molecule has 1 saturated heterocycles. The second-order valence-corrected chi connectivity index (χ2v) is 10.1. The number of sulfonamides is 1. The highest BCUT2D eigenvalue weighted by Crippen LogP contribution is 2.34. The van der Waals surface area contributed by atoms with Gasteiger partial charge in [-0.25, -0.2) is 8.42 Å². The van der Waals surface area contributed by atoms with Crippen molar-refractivity contribution >= 4 is 15.9 Å². The first kappa shape index (κ1) is 22.6. The van der Waals surface area contributed by atoms with Crippen LogP contribution >= 0.6 is 0 Å². The molecule has 0 aliphatic carbocycles. The van der Waals surface area contributed by atoms with Gasteiger partial charge in [-0.1, -0.05) is 30.3 Å². The third-order valence-electron chi connectivity index (χ3n) is 6.07. The number of ether oxygens (including phenoxy) is 2. The normalized spacial score (nSPS) is 17.5. The van der Waals surface area contributed by atoms with Crippen LogP contribution in [0, 0.1) is 5.92 Å². The SMILES string of the molecule is CCN(Cc1ccccc1)C(=O)C1CCN(S(=O)(=O)c2ccc3c(c2)OCCCO3)CC1. The number of fused-ring (bicyclic) bond motifs is 1. The number of benzene rings is 2. The first-order valence-electron chi connectivity index (χ1n) is 11.2. The smallest absolute Gasteiger partial charge is 0.243 e. The minimum Gasteiger partial charge on any atom is -0.490 e. The molecule has 1 fully saturated rings. The molecule has 2 aliphatic heterocycles. The summed E-state index contributed by atoms with van der Waals surface area (Å²) < 4.78 is 39.1. The number of hydrogen-bond acceptors (Lipinski definition) is 5. The quantitative estimate of drug-likeness (QED) is 0.664. The van der Waals surface area contributed by atoms with Crippen molar-refractivity contribution in [2.75, 3.05) is 32.8 Å². The molecule has 2 aromatic rings. The van der Waals surface area contributed by atoms with Crippen LogP contribution in [0.2, 0.25) is 0 Å². The number of amides is 1. The van der Waals surface area contributed by atoms with Gasteiger partial charge in [-0.3, -0.25) is 4.79 Å². The van der Waals surface area contributed by atoms with Crippen molar-refractivity contribution in [1.29, 1.82) is 0 Å². The third-order valence-corrected chi connectivity index (χ3v) is 7.96. The summed E-state index contributed by atoms with van der Waals surface area (Å²) in [4.78, 5) is 15.1. The lowest BCUT2D eigenvalue weighted by molar-refractivity contribution is -0.137. The zero-order chi connectivity index (χ0) is 22.6. The Hall–Kier alpha value is -2.58. The Bertz CT molecular complexity index is 1030. The lowest BCUT2D eigenvalue weighted by atomic mass is 9.96. The molecule has 2 heterocycles. The van der Waals surface area contributed by atoms with Crippen LogP contribution in [0.1, 0.15) is 31.7 Å². The summed E-state index contributed by atoms with van der Waals surface area (Å²) in [7, 11) is -3.66. The Morgan fingerprint density at radius 3 is 2.41 bits per heavy atom. The minimum atomic E-state index is -3.66. The van der Waals surface area contributed by atoms with Crippen LogP contribution in [0.3, 0.4) is 0 Å². The molecule has 0 N–H and O–H groups in total. The van der Waals surface area contributed by atoms with Crippen molar-refractivity contribution in [1.82, 2.24) is 9.21 Å². The molecule has 0 radical (unpaired) electrons. The van der Waals surface area contributed by atoms with Gasteiger partial charge in [0.1, 0.15) is 0 Å². The van der Waals surface area contributed by atoms with E-state index in [-0.39, 0.29) is 16.7 Å². The summed E-state index contributed by atoms with van der Waals surface area (Å²) >= 11 is 0. The van der Waals surface area contributed by atoms with E-state index in [1.807, 2.05) is 42.2 Å². The highest BCUT2D eigenvalue weighted by atomic mass is 32.2. The van der Waals surface area contributed by atoms with Gasteiger partial charge in [0, 0.05) is 44.6 Å². The zero-order valence-corrected chi connectivity index (χ0v) is 19.2. The molecular weight excluding hydrogens is 428 g/mol. The molecule has 0 saturated carbocycles. The fraction of sp³-hybridized carbons (Fsp3) is 0.458. The molecule has 0 spiro atoms. The van der Waals surface area contributed by atoms with Crippen LogP contribution in [0.4, 0.5) is 0 Å². The summed E-state index contributed by atoms with van der Waals surface area (Å²) in [5.74, 6) is 0.981. The highest BCUT2D eigenvalue weighted by Gasteiger charge is 2.34. The summed E-state index contributed by atoms with van der Waals surface area (Å²) in [5, 5.41) is 0. The van der Waals surface area contributed by atoms with Crippen LogP contribution in [-0.2, 0) is 21.4 Å². The average molecular weight is 459 g/mol. The van der Waals surface area contributed by atoms with Gasteiger partial charge >= 0.3 is 0 Å². The van der Waals surface area contributed by atoms with E-state index in [0.717, 1.165) is 12.0 Å². The molecule has 0 bridgehead atoms. The lowest BCUT2D eigenvalue weighted by Gasteiger charge is -2.33. The molecule has 4 rings (SSSR count). The summed E-state index contributed by atoms with van der Waals surface area (Å²) in [5.41, 5.74) is 1.09. The maximum Gasteiger partial charge on any atom is 0.243 e. The first-order valence-corrected chi connectivity index (χ1v) is 12.7. The number of carbonyl (C=O) groups is 1. The molecule has 0 aromatic heterocycles. The van der Waals surface area contributed by atoms with E-state index in [0.29, 0.717) is 63.7 Å². The maximum absolute atomic E-state index is 13.2. The summed E-state index contributed by atoms with van der Waals surface area (Å²) in [6.45, 7) is 4.90. The number of piperidine rings is 1. The van der Waals surface area contributed by atoms with E-state index in [1.54, 1.807) is 18.2 Å². The number of hydrogen-bond donors (Lipinski definition) is 0. The second-order valence-electron chi connectivity index (χ2n) is 8.18. The van der Waals surface area contributed by atoms with Gasteiger partial charge in [-0.2, -0.15) is 4.31 Å². The van der Waals surface area contributed by atoms with Gasteiger partial charge in [0.25, 0.3) is 0 Å². The van der Waals surface area contributed by atoms with E-state index in [2.05, 4.69) is 0 Å². The van der Waals surface area contributed by atoms with Crippen molar-refractivity contribution in [2.45, 2.75) is 37.6 Å². The van der Waals surface area contributed by atoms with Gasteiger partial charge in [0.15, 0.2) is 11.5 Å². The topological polar surface area (TPSA) is 76.2 Å². The van der Waals surface area contributed by atoms with E-state index in [1.165, 1.54) is 4.31 Å². The van der Waals surface area contributed by atoms with E-state index < -0.39 is 10.0 Å². The maximum atomic E-state index is 13.2. The van der Waals surface area contributed by atoms with Crippen LogP contribution in [-0.4, -0.2) is 56.4 Å². The number of nitrogens with zero attached hydrogens (tertiary/aromatic N) is 2. The lowest BCUT2D eigenvalue weighted by Crippen LogP contribution is -2.44.